The summed E-state index contributed by atoms with van der Waals surface area (Å²) in [6.45, 7) is 2.96. The van der Waals surface area contributed by atoms with Gasteiger partial charge in [0.1, 0.15) is 0 Å². The molecule has 1 aromatic carbocycles. The van der Waals surface area contributed by atoms with Gasteiger partial charge in [-0.15, -0.1) is 0 Å². The lowest BCUT2D eigenvalue weighted by Gasteiger charge is -2.01. The third-order valence-corrected chi connectivity index (χ3v) is 3.08. The second kappa shape index (κ2) is 10.3. The lowest BCUT2D eigenvalue weighted by molar-refractivity contribution is 0.322. The van der Waals surface area contributed by atoms with Crippen molar-refractivity contribution in [3.05, 3.63) is 35.9 Å². The zero-order chi connectivity index (χ0) is 12.2. The molecule has 0 atom stereocenters. The minimum absolute atomic E-state index is 0.270. The molecular weight excluding hydrogens is 232 g/mol. The predicted molar refractivity (Wildman–Crippen MR) is 76.2 cm³/mol. The highest BCUT2D eigenvalue weighted by Crippen LogP contribution is 1.95. The molecule has 94 valence electrons. The molecule has 0 saturated carbocycles. The highest BCUT2D eigenvalue weighted by atomic mass is 32.2. The second-order valence-corrected chi connectivity index (χ2v) is 4.76. The zero-order valence-corrected chi connectivity index (χ0v) is 10.8. The first kappa shape index (κ1) is 14.2. The van der Waals surface area contributed by atoms with Gasteiger partial charge in [-0.25, -0.2) is 0 Å². The van der Waals surface area contributed by atoms with Gasteiger partial charge >= 0.3 is 0 Å². The molecule has 0 aliphatic heterocycles. The average molecular weight is 252 g/mol. The SMILES string of the molecule is OCCSCCNCCN=Cc1ccccc1. The molecule has 1 aromatic rings. The summed E-state index contributed by atoms with van der Waals surface area (Å²) in [5.74, 6) is 1.87. The minimum atomic E-state index is 0.270. The summed E-state index contributed by atoms with van der Waals surface area (Å²) < 4.78 is 0. The van der Waals surface area contributed by atoms with E-state index in [-0.39, 0.29) is 6.61 Å². The number of aliphatic hydroxyl groups is 1. The molecule has 0 aromatic heterocycles. The molecule has 17 heavy (non-hydrogen) atoms. The molecule has 0 amide bonds. The summed E-state index contributed by atoms with van der Waals surface area (Å²) in [6, 6.07) is 10.1. The van der Waals surface area contributed by atoms with E-state index in [1.54, 1.807) is 11.8 Å². The standard InChI is InChI=1S/C13H20N2OS/c16-9-11-17-10-8-14-6-7-15-12-13-4-2-1-3-5-13/h1-5,12,14,16H,6-11H2. The summed E-state index contributed by atoms with van der Waals surface area (Å²) in [7, 11) is 0. The van der Waals surface area contributed by atoms with Gasteiger partial charge in [0.25, 0.3) is 0 Å². The Morgan fingerprint density at radius 2 is 2.00 bits per heavy atom. The van der Waals surface area contributed by atoms with Crippen LogP contribution in [0, 0.1) is 0 Å². The lowest BCUT2D eigenvalue weighted by Crippen LogP contribution is -2.20. The zero-order valence-electron chi connectivity index (χ0n) is 10.0. The van der Waals surface area contributed by atoms with Gasteiger partial charge in [0.05, 0.1) is 13.2 Å². The first-order chi connectivity index (χ1) is 8.43. The van der Waals surface area contributed by atoms with Gasteiger partial charge in [-0.05, 0) is 5.56 Å². The maximum Gasteiger partial charge on any atom is 0.0521 e. The quantitative estimate of drug-likeness (QED) is 0.516. The summed E-state index contributed by atoms with van der Waals surface area (Å²) in [4.78, 5) is 4.34. The van der Waals surface area contributed by atoms with Crippen LogP contribution in [0.15, 0.2) is 35.3 Å². The number of hydrogen-bond donors (Lipinski definition) is 2. The number of hydrogen-bond acceptors (Lipinski definition) is 4. The Hall–Kier alpha value is -0.840. The van der Waals surface area contributed by atoms with E-state index in [1.165, 1.54) is 0 Å². The molecule has 0 fully saturated rings. The Balaban J connectivity index is 1.95. The van der Waals surface area contributed by atoms with E-state index in [1.807, 2.05) is 36.5 Å². The molecule has 3 nitrogen and oxygen atoms in total. The number of aliphatic imine (C=N–C) groups is 1. The largest absolute Gasteiger partial charge is 0.396 e. The van der Waals surface area contributed by atoms with Crippen LogP contribution in [0.5, 0.6) is 0 Å². The fourth-order valence-electron chi connectivity index (χ4n) is 1.29. The van der Waals surface area contributed by atoms with E-state index < -0.39 is 0 Å². The Labute approximate surface area is 107 Å². The van der Waals surface area contributed by atoms with Gasteiger partial charge in [0.2, 0.25) is 0 Å². The van der Waals surface area contributed by atoms with E-state index in [0.29, 0.717) is 0 Å². The monoisotopic (exact) mass is 252 g/mol. The van der Waals surface area contributed by atoms with Crippen LogP contribution in [0.3, 0.4) is 0 Å². The van der Waals surface area contributed by atoms with Gasteiger partial charge in [-0.3, -0.25) is 4.99 Å². The molecule has 0 spiro atoms. The normalized spacial score (nSPS) is 11.1. The summed E-state index contributed by atoms with van der Waals surface area (Å²) in [6.07, 6.45) is 1.90. The molecular formula is C13H20N2OS. The summed E-state index contributed by atoms with van der Waals surface area (Å²) >= 11 is 1.76. The van der Waals surface area contributed by atoms with Crippen molar-refractivity contribution >= 4 is 18.0 Å². The molecule has 4 heteroatoms. The third-order valence-electron chi connectivity index (χ3n) is 2.12. The Kier molecular flexibility index (Phi) is 8.64. The van der Waals surface area contributed by atoms with E-state index >= 15 is 0 Å². The van der Waals surface area contributed by atoms with Crippen LogP contribution in [0.25, 0.3) is 0 Å². The van der Waals surface area contributed by atoms with E-state index in [0.717, 1.165) is 36.7 Å². The van der Waals surface area contributed by atoms with Gasteiger partial charge in [0.15, 0.2) is 0 Å². The molecule has 0 radical (unpaired) electrons. The van der Waals surface area contributed by atoms with Crippen LogP contribution in [0.1, 0.15) is 5.56 Å². The number of rotatable bonds is 9. The number of nitrogens with zero attached hydrogens (tertiary/aromatic N) is 1. The summed E-state index contributed by atoms with van der Waals surface area (Å²) in [5, 5.41) is 11.9. The van der Waals surface area contributed by atoms with Crippen molar-refractivity contribution < 1.29 is 5.11 Å². The Morgan fingerprint density at radius 3 is 2.76 bits per heavy atom. The highest BCUT2D eigenvalue weighted by Gasteiger charge is 1.88. The first-order valence-electron chi connectivity index (χ1n) is 5.87. The maximum atomic E-state index is 8.59. The van der Waals surface area contributed by atoms with Crippen molar-refractivity contribution in [2.45, 2.75) is 0 Å². The second-order valence-electron chi connectivity index (χ2n) is 3.53. The summed E-state index contributed by atoms with van der Waals surface area (Å²) in [5.41, 5.74) is 1.14. The van der Waals surface area contributed by atoms with Crippen LogP contribution < -0.4 is 5.32 Å². The Bertz CT molecular complexity index is 304. The average Bonchev–Trinajstić information content (AvgIpc) is 2.38. The van der Waals surface area contributed by atoms with Crippen molar-refractivity contribution in [1.82, 2.24) is 5.32 Å². The maximum absolute atomic E-state index is 8.59. The van der Waals surface area contributed by atoms with Crippen molar-refractivity contribution in [2.24, 2.45) is 4.99 Å². The van der Waals surface area contributed by atoms with Crippen LogP contribution >= 0.6 is 11.8 Å². The van der Waals surface area contributed by atoms with Crippen molar-refractivity contribution in [1.29, 1.82) is 0 Å². The highest BCUT2D eigenvalue weighted by molar-refractivity contribution is 7.99. The lowest BCUT2D eigenvalue weighted by atomic mass is 10.2. The van der Waals surface area contributed by atoms with E-state index in [4.69, 9.17) is 5.11 Å². The van der Waals surface area contributed by atoms with E-state index in [2.05, 4.69) is 10.3 Å². The fraction of sp³-hybridized carbons (Fsp3) is 0.462. The topological polar surface area (TPSA) is 44.6 Å². The number of aliphatic hydroxyl groups excluding tert-OH is 1. The molecule has 0 aliphatic carbocycles. The number of nitrogens with one attached hydrogen (secondary N) is 1. The first-order valence-corrected chi connectivity index (χ1v) is 7.03. The molecule has 1 rings (SSSR count). The minimum Gasteiger partial charge on any atom is -0.396 e. The number of benzene rings is 1. The predicted octanol–water partition coefficient (Wildman–Crippen LogP) is 1.42. The smallest absolute Gasteiger partial charge is 0.0521 e. The van der Waals surface area contributed by atoms with Gasteiger partial charge in [-0.1, -0.05) is 30.3 Å². The van der Waals surface area contributed by atoms with Gasteiger partial charge in [-0.2, -0.15) is 11.8 Å². The van der Waals surface area contributed by atoms with Crippen LogP contribution in [-0.2, 0) is 0 Å². The van der Waals surface area contributed by atoms with Crippen molar-refractivity contribution in [3.63, 3.8) is 0 Å². The molecule has 0 saturated heterocycles. The number of thioether (sulfide) groups is 1. The van der Waals surface area contributed by atoms with Gasteiger partial charge in [0, 0.05) is 30.8 Å². The van der Waals surface area contributed by atoms with Crippen molar-refractivity contribution in [2.75, 3.05) is 37.7 Å². The molecule has 0 aliphatic rings. The molecule has 0 unspecified atom stereocenters. The Morgan fingerprint density at radius 1 is 1.18 bits per heavy atom. The van der Waals surface area contributed by atoms with Crippen LogP contribution in [-0.4, -0.2) is 49.1 Å². The molecule has 0 heterocycles. The third kappa shape index (κ3) is 7.96. The molecule has 2 N–H and O–H groups in total. The van der Waals surface area contributed by atoms with E-state index in [9.17, 15) is 0 Å². The van der Waals surface area contributed by atoms with Crippen molar-refractivity contribution in [3.8, 4) is 0 Å². The molecule has 0 bridgehead atoms. The van der Waals surface area contributed by atoms with Crippen LogP contribution in [0.4, 0.5) is 0 Å². The fourth-order valence-corrected chi connectivity index (χ4v) is 1.91. The van der Waals surface area contributed by atoms with Crippen LogP contribution in [0.2, 0.25) is 0 Å². The van der Waals surface area contributed by atoms with Gasteiger partial charge < -0.3 is 10.4 Å².